The Hall–Kier alpha value is -3.51. The average Bonchev–Trinajstić information content (AvgIpc) is 3.32. The number of nitriles is 1. The van der Waals surface area contributed by atoms with Gasteiger partial charge in [0, 0.05) is 49.9 Å². The van der Waals surface area contributed by atoms with Gasteiger partial charge in [-0.2, -0.15) is 5.26 Å². The number of carbonyl (C=O) groups excluding carboxylic acids is 2. The Morgan fingerprint density at radius 3 is 2.70 bits per heavy atom. The molecule has 1 unspecified atom stereocenters. The molecule has 6 nitrogen and oxygen atoms in total. The normalized spacial score (nSPS) is 15.8. The number of aryl methyl sites for hydroxylation is 1. The molecule has 0 saturated carbocycles. The molecule has 1 aliphatic heterocycles. The van der Waals surface area contributed by atoms with Crippen molar-refractivity contribution in [1.82, 2.24) is 14.8 Å². The predicted molar refractivity (Wildman–Crippen MR) is 101 cm³/mol. The van der Waals surface area contributed by atoms with Crippen molar-refractivity contribution in [3.8, 4) is 18.5 Å². The fourth-order valence-corrected chi connectivity index (χ4v) is 3.22. The van der Waals surface area contributed by atoms with Crippen LogP contribution >= 0.6 is 0 Å². The molecule has 27 heavy (non-hydrogen) atoms. The Bertz CT molecular complexity index is 944. The van der Waals surface area contributed by atoms with E-state index in [1.807, 2.05) is 24.3 Å². The smallest absolute Gasteiger partial charge is 0.268 e. The number of Topliss-reactive ketones (excluding diaryl/α,β-unsaturated/α-hetero) is 1. The second kappa shape index (κ2) is 7.80. The maximum atomic E-state index is 12.6. The number of nitrogens with zero attached hydrogens (tertiary/aromatic N) is 3. The van der Waals surface area contributed by atoms with Crippen molar-refractivity contribution < 1.29 is 9.59 Å². The molecule has 0 bridgehead atoms. The van der Waals surface area contributed by atoms with Crippen LogP contribution in [0.25, 0.3) is 0 Å². The number of nitrogens with one attached hydrogen (secondary N) is 1. The maximum Gasteiger partial charge on any atom is 0.268 e. The molecule has 1 saturated heterocycles. The van der Waals surface area contributed by atoms with Gasteiger partial charge in [-0.05, 0) is 30.2 Å². The molecular formula is C21H20N4O2. The molecule has 1 aromatic carbocycles. The number of rotatable bonds is 5. The SMILES string of the molecule is C#Cc1ccc(CNC(=O)c2cc(C(=O)C3CCN(C#N)C3)cn2C)cc1. The zero-order chi connectivity index (χ0) is 19.4. The molecule has 0 radical (unpaired) electrons. The van der Waals surface area contributed by atoms with Gasteiger partial charge in [-0.15, -0.1) is 6.42 Å². The van der Waals surface area contributed by atoms with Gasteiger partial charge in [-0.3, -0.25) is 9.59 Å². The fourth-order valence-electron chi connectivity index (χ4n) is 3.22. The first-order valence-electron chi connectivity index (χ1n) is 8.71. The number of hydrogen-bond donors (Lipinski definition) is 1. The molecule has 1 fully saturated rings. The van der Waals surface area contributed by atoms with Crippen LogP contribution in [0.15, 0.2) is 36.5 Å². The van der Waals surface area contributed by atoms with E-state index in [0.717, 1.165) is 11.1 Å². The number of ketones is 1. The van der Waals surface area contributed by atoms with Crippen LogP contribution in [-0.2, 0) is 13.6 Å². The quantitative estimate of drug-likeness (QED) is 0.502. The van der Waals surface area contributed by atoms with Gasteiger partial charge in [0.05, 0.1) is 0 Å². The van der Waals surface area contributed by atoms with Gasteiger partial charge < -0.3 is 14.8 Å². The Balaban J connectivity index is 1.65. The van der Waals surface area contributed by atoms with E-state index in [0.29, 0.717) is 37.3 Å². The van der Waals surface area contributed by atoms with Crippen LogP contribution in [0.1, 0.15) is 38.4 Å². The zero-order valence-corrected chi connectivity index (χ0v) is 15.1. The van der Waals surface area contributed by atoms with Crippen molar-refractivity contribution >= 4 is 11.7 Å². The first-order chi connectivity index (χ1) is 13.0. The van der Waals surface area contributed by atoms with Gasteiger partial charge in [0.1, 0.15) is 5.69 Å². The highest BCUT2D eigenvalue weighted by Gasteiger charge is 2.29. The first kappa shape index (κ1) is 18.3. The summed E-state index contributed by atoms with van der Waals surface area (Å²) in [5.41, 5.74) is 2.66. The van der Waals surface area contributed by atoms with Crippen LogP contribution in [0.3, 0.4) is 0 Å². The lowest BCUT2D eigenvalue weighted by Crippen LogP contribution is -2.24. The van der Waals surface area contributed by atoms with Gasteiger partial charge in [0.15, 0.2) is 12.0 Å². The molecular weight excluding hydrogens is 340 g/mol. The number of aromatic nitrogens is 1. The standard InChI is InChI=1S/C21H20N4O2/c1-3-15-4-6-16(7-5-15)11-23-21(27)19-10-18(12-24(19)2)20(26)17-8-9-25(13-17)14-22/h1,4-7,10,12,17H,8-9,11,13H2,2H3,(H,23,27). The van der Waals surface area contributed by atoms with E-state index in [2.05, 4.69) is 17.4 Å². The Kier molecular flexibility index (Phi) is 5.28. The van der Waals surface area contributed by atoms with Crippen LogP contribution in [0.2, 0.25) is 0 Å². The molecule has 1 N–H and O–H groups in total. The molecule has 3 rings (SSSR count). The number of likely N-dealkylation sites (tertiary alicyclic amines) is 1. The van der Waals surface area contributed by atoms with Gasteiger partial charge in [-0.25, -0.2) is 0 Å². The van der Waals surface area contributed by atoms with Crippen molar-refractivity contribution in [2.75, 3.05) is 13.1 Å². The van der Waals surface area contributed by atoms with Crippen LogP contribution in [-0.4, -0.2) is 34.2 Å². The molecule has 1 amide bonds. The van der Waals surface area contributed by atoms with Crippen LogP contribution in [0, 0.1) is 29.7 Å². The van der Waals surface area contributed by atoms with Gasteiger partial charge in [0.25, 0.3) is 5.91 Å². The molecule has 1 aliphatic rings. The maximum absolute atomic E-state index is 12.6. The molecule has 1 atom stereocenters. The lowest BCUT2D eigenvalue weighted by molar-refractivity contribution is 0.0925. The van der Waals surface area contributed by atoms with Crippen LogP contribution in [0.5, 0.6) is 0 Å². The molecule has 2 heterocycles. The minimum Gasteiger partial charge on any atom is -0.347 e. The third kappa shape index (κ3) is 4.02. The number of terminal acetylenes is 1. The van der Waals surface area contributed by atoms with Gasteiger partial charge in [-0.1, -0.05) is 18.1 Å². The Morgan fingerprint density at radius 2 is 2.07 bits per heavy atom. The summed E-state index contributed by atoms with van der Waals surface area (Å²) in [6, 6.07) is 9.01. The minimum absolute atomic E-state index is 0.0210. The summed E-state index contributed by atoms with van der Waals surface area (Å²) < 4.78 is 1.65. The zero-order valence-electron chi connectivity index (χ0n) is 15.1. The third-order valence-corrected chi connectivity index (χ3v) is 4.80. The van der Waals surface area contributed by atoms with Crippen molar-refractivity contribution in [2.24, 2.45) is 13.0 Å². The van der Waals surface area contributed by atoms with Gasteiger partial charge >= 0.3 is 0 Å². The lowest BCUT2D eigenvalue weighted by atomic mass is 9.99. The molecule has 1 aromatic heterocycles. The highest BCUT2D eigenvalue weighted by molar-refractivity contribution is 6.01. The predicted octanol–water partition coefficient (Wildman–Crippen LogP) is 1.92. The van der Waals surface area contributed by atoms with E-state index < -0.39 is 0 Å². The van der Waals surface area contributed by atoms with E-state index in [4.69, 9.17) is 11.7 Å². The summed E-state index contributed by atoms with van der Waals surface area (Å²) in [5, 5.41) is 11.8. The summed E-state index contributed by atoms with van der Waals surface area (Å²) in [4.78, 5) is 26.7. The first-order valence-corrected chi connectivity index (χ1v) is 8.71. The second-order valence-electron chi connectivity index (χ2n) is 6.64. The van der Waals surface area contributed by atoms with E-state index in [1.165, 1.54) is 0 Å². The Labute approximate surface area is 158 Å². The topological polar surface area (TPSA) is 78.1 Å². The molecule has 136 valence electrons. The summed E-state index contributed by atoms with van der Waals surface area (Å²) in [5.74, 6) is 2.09. The number of carbonyl (C=O) groups is 2. The molecule has 6 heteroatoms. The fraction of sp³-hybridized carbons (Fsp3) is 0.286. The number of benzene rings is 1. The molecule has 0 aliphatic carbocycles. The van der Waals surface area contributed by atoms with E-state index in [9.17, 15) is 9.59 Å². The highest BCUT2D eigenvalue weighted by Crippen LogP contribution is 2.21. The third-order valence-electron chi connectivity index (χ3n) is 4.80. The van der Waals surface area contributed by atoms with E-state index in [-0.39, 0.29) is 17.6 Å². The molecule has 2 aromatic rings. The Morgan fingerprint density at radius 1 is 1.33 bits per heavy atom. The number of amides is 1. The largest absolute Gasteiger partial charge is 0.347 e. The van der Waals surface area contributed by atoms with Crippen molar-refractivity contribution in [3.05, 3.63) is 58.9 Å². The summed E-state index contributed by atoms with van der Waals surface area (Å²) >= 11 is 0. The molecule has 0 spiro atoms. The summed E-state index contributed by atoms with van der Waals surface area (Å²) in [6.45, 7) is 1.42. The van der Waals surface area contributed by atoms with E-state index in [1.54, 1.807) is 28.8 Å². The monoisotopic (exact) mass is 360 g/mol. The van der Waals surface area contributed by atoms with Crippen molar-refractivity contribution in [3.63, 3.8) is 0 Å². The lowest BCUT2D eigenvalue weighted by Gasteiger charge is -2.07. The van der Waals surface area contributed by atoms with Gasteiger partial charge in [0.2, 0.25) is 0 Å². The van der Waals surface area contributed by atoms with Crippen LogP contribution < -0.4 is 5.32 Å². The van der Waals surface area contributed by atoms with E-state index >= 15 is 0 Å². The second-order valence-corrected chi connectivity index (χ2v) is 6.64. The van der Waals surface area contributed by atoms with Crippen molar-refractivity contribution in [2.45, 2.75) is 13.0 Å². The summed E-state index contributed by atoms with van der Waals surface area (Å²) in [7, 11) is 1.74. The summed E-state index contributed by atoms with van der Waals surface area (Å²) in [6.07, 6.45) is 9.75. The average molecular weight is 360 g/mol. The number of hydrogen-bond acceptors (Lipinski definition) is 4. The minimum atomic E-state index is -0.248. The van der Waals surface area contributed by atoms with Crippen molar-refractivity contribution in [1.29, 1.82) is 5.26 Å². The highest BCUT2D eigenvalue weighted by atomic mass is 16.2. The van der Waals surface area contributed by atoms with Crippen LogP contribution in [0.4, 0.5) is 0 Å².